The van der Waals surface area contributed by atoms with Gasteiger partial charge in [0.1, 0.15) is 0 Å². The van der Waals surface area contributed by atoms with Gasteiger partial charge in [-0.1, -0.05) is 36.4 Å². The average molecular weight is 324 g/mol. The van der Waals surface area contributed by atoms with Gasteiger partial charge in [-0.05, 0) is 35.7 Å². The molecule has 0 saturated carbocycles. The van der Waals surface area contributed by atoms with Crippen LogP contribution in [-0.4, -0.2) is 28.3 Å². The molecule has 0 unspecified atom stereocenters. The van der Waals surface area contributed by atoms with Crippen LogP contribution in [0.2, 0.25) is 0 Å². The molecule has 21 heavy (non-hydrogen) atoms. The van der Waals surface area contributed by atoms with Gasteiger partial charge in [-0.3, -0.25) is 0 Å². The summed E-state index contributed by atoms with van der Waals surface area (Å²) < 4.78 is 48.1. The first kappa shape index (κ1) is 14.5. The van der Waals surface area contributed by atoms with Crippen molar-refractivity contribution >= 4 is 30.4 Å². The molecule has 2 aromatic carbocycles. The van der Waals surface area contributed by atoms with Crippen molar-refractivity contribution < 1.29 is 16.8 Å². The second-order valence-electron chi connectivity index (χ2n) is 5.50. The van der Waals surface area contributed by atoms with Crippen LogP contribution in [0, 0.1) is 0 Å². The summed E-state index contributed by atoms with van der Waals surface area (Å²) in [4.78, 5) is 0. The lowest BCUT2D eigenvalue weighted by molar-refractivity contribution is 0.542. The average Bonchev–Trinajstić information content (AvgIpc) is 2.43. The van der Waals surface area contributed by atoms with E-state index < -0.39 is 23.8 Å². The lowest BCUT2D eigenvalue weighted by Gasteiger charge is -2.33. The molecular weight excluding hydrogens is 308 g/mol. The highest BCUT2D eigenvalue weighted by atomic mass is 32.3. The maximum absolute atomic E-state index is 12.5. The molecule has 0 aromatic heterocycles. The number of hydrogen-bond acceptors (Lipinski definition) is 4. The van der Waals surface area contributed by atoms with Gasteiger partial charge in [0.15, 0.2) is 23.8 Å². The van der Waals surface area contributed by atoms with Gasteiger partial charge in [0.05, 0.1) is 11.5 Å². The third kappa shape index (κ3) is 2.00. The Morgan fingerprint density at radius 3 is 2.05 bits per heavy atom. The molecule has 0 amide bonds. The van der Waals surface area contributed by atoms with E-state index in [9.17, 15) is 16.8 Å². The second kappa shape index (κ2) is 4.55. The van der Waals surface area contributed by atoms with E-state index in [0.717, 1.165) is 10.8 Å². The standard InChI is InChI=1S/C15H16O4S2/c1-15(20(16,17)9-4-10-21(15,18)19)14-8-7-12-5-2-3-6-13(12)11-14/h2-3,5-8,11H,4,9-10H2,1H3. The van der Waals surface area contributed by atoms with E-state index in [4.69, 9.17) is 0 Å². The lowest BCUT2D eigenvalue weighted by atomic mass is 10.1. The fraction of sp³-hybridized carbons (Fsp3) is 0.333. The van der Waals surface area contributed by atoms with Gasteiger partial charge in [0, 0.05) is 0 Å². The molecule has 0 N–H and O–H groups in total. The van der Waals surface area contributed by atoms with E-state index in [-0.39, 0.29) is 17.9 Å². The third-order valence-electron chi connectivity index (χ3n) is 4.29. The Balaban J connectivity index is 2.32. The molecule has 4 nitrogen and oxygen atoms in total. The van der Waals surface area contributed by atoms with Crippen molar-refractivity contribution in [2.75, 3.05) is 11.5 Å². The molecule has 1 aliphatic heterocycles. The predicted octanol–water partition coefficient (Wildman–Crippen LogP) is 2.25. The largest absolute Gasteiger partial charge is 0.227 e. The molecule has 1 aliphatic rings. The van der Waals surface area contributed by atoms with Gasteiger partial charge in [-0.15, -0.1) is 0 Å². The number of rotatable bonds is 1. The zero-order chi connectivity index (χ0) is 15.3. The van der Waals surface area contributed by atoms with Gasteiger partial charge < -0.3 is 0 Å². The Labute approximate surface area is 124 Å². The molecular formula is C15H16O4S2. The molecule has 1 heterocycles. The van der Waals surface area contributed by atoms with Crippen molar-refractivity contribution in [3.8, 4) is 0 Å². The topological polar surface area (TPSA) is 68.3 Å². The van der Waals surface area contributed by atoms with Gasteiger partial charge >= 0.3 is 0 Å². The third-order valence-corrected chi connectivity index (χ3v) is 10.3. The maximum atomic E-state index is 12.5. The Morgan fingerprint density at radius 2 is 1.43 bits per heavy atom. The van der Waals surface area contributed by atoms with Crippen molar-refractivity contribution in [1.29, 1.82) is 0 Å². The fourth-order valence-corrected chi connectivity index (χ4v) is 7.88. The number of sulfone groups is 2. The van der Waals surface area contributed by atoms with Crippen LogP contribution in [0.15, 0.2) is 42.5 Å². The minimum Gasteiger partial charge on any atom is -0.227 e. The Morgan fingerprint density at radius 1 is 0.857 bits per heavy atom. The van der Waals surface area contributed by atoms with Crippen LogP contribution in [0.4, 0.5) is 0 Å². The summed E-state index contributed by atoms with van der Waals surface area (Å²) in [7, 11) is -7.48. The minimum absolute atomic E-state index is 0.0877. The minimum atomic E-state index is -3.74. The van der Waals surface area contributed by atoms with Crippen LogP contribution in [-0.2, 0) is 23.8 Å². The fourth-order valence-electron chi connectivity index (χ4n) is 2.85. The zero-order valence-electron chi connectivity index (χ0n) is 11.6. The summed E-state index contributed by atoms with van der Waals surface area (Å²) in [5.41, 5.74) is 0.334. The summed E-state index contributed by atoms with van der Waals surface area (Å²) in [5, 5.41) is 1.79. The van der Waals surface area contributed by atoms with E-state index in [1.165, 1.54) is 6.92 Å². The van der Waals surface area contributed by atoms with Crippen molar-refractivity contribution in [3.63, 3.8) is 0 Å². The number of hydrogen-bond donors (Lipinski definition) is 0. The summed E-state index contributed by atoms with van der Waals surface area (Å²) in [6.45, 7) is 1.32. The highest BCUT2D eigenvalue weighted by molar-refractivity contribution is 8.10. The van der Waals surface area contributed by atoms with Crippen molar-refractivity contribution in [2.24, 2.45) is 0 Å². The smallest absolute Gasteiger partial charge is 0.195 e. The Kier molecular flexibility index (Phi) is 3.15. The van der Waals surface area contributed by atoms with Crippen LogP contribution in [0.1, 0.15) is 18.9 Å². The molecule has 112 valence electrons. The molecule has 0 aliphatic carbocycles. The molecule has 2 aromatic rings. The monoisotopic (exact) mass is 324 g/mol. The molecule has 0 bridgehead atoms. The summed E-state index contributed by atoms with van der Waals surface area (Å²) in [6, 6.07) is 12.6. The molecule has 0 radical (unpaired) electrons. The van der Waals surface area contributed by atoms with E-state index in [1.54, 1.807) is 18.2 Å². The quantitative estimate of drug-likeness (QED) is 0.807. The van der Waals surface area contributed by atoms with Crippen LogP contribution < -0.4 is 0 Å². The van der Waals surface area contributed by atoms with Crippen molar-refractivity contribution in [1.82, 2.24) is 0 Å². The summed E-state index contributed by atoms with van der Waals surface area (Å²) >= 11 is 0. The van der Waals surface area contributed by atoms with E-state index in [2.05, 4.69) is 0 Å². The predicted molar refractivity (Wildman–Crippen MR) is 83.5 cm³/mol. The van der Waals surface area contributed by atoms with Gasteiger partial charge in [-0.2, -0.15) is 0 Å². The van der Waals surface area contributed by atoms with Crippen LogP contribution in [0.25, 0.3) is 10.8 Å². The summed E-state index contributed by atoms with van der Waals surface area (Å²) in [6.07, 6.45) is 0.174. The SMILES string of the molecule is CC1(c2ccc3ccccc3c2)S(=O)(=O)CCCS1(=O)=O. The lowest BCUT2D eigenvalue weighted by Crippen LogP contribution is -2.47. The van der Waals surface area contributed by atoms with Gasteiger partial charge in [0.2, 0.25) is 0 Å². The first-order valence-corrected chi connectivity index (χ1v) is 10.0. The van der Waals surface area contributed by atoms with E-state index >= 15 is 0 Å². The second-order valence-corrected chi connectivity index (χ2v) is 10.7. The van der Waals surface area contributed by atoms with Crippen LogP contribution >= 0.6 is 0 Å². The normalized spacial score (nSPS) is 22.9. The summed E-state index contributed by atoms with van der Waals surface area (Å²) in [5.74, 6) is -0.175. The number of fused-ring (bicyclic) bond motifs is 1. The number of benzene rings is 2. The molecule has 0 spiro atoms. The maximum Gasteiger partial charge on any atom is 0.195 e. The zero-order valence-corrected chi connectivity index (χ0v) is 13.2. The van der Waals surface area contributed by atoms with E-state index in [0.29, 0.717) is 5.56 Å². The van der Waals surface area contributed by atoms with Crippen molar-refractivity contribution in [3.05, 3.63) is 48.0 Å². The highest BCUT2D eigenvalue weighted by Gasteiger charge is 2.54. The highest BCUT2D eigenvalue weighted by Crippen LogP contribution is 2.41. The van der Waals surface area contributed by atoms with Crippen LogP contribution in [0.3, 0.4) is 0 Å². The van der Waals surface area contributed by atoms with Crippen molar-refractivity contribution in [2.45, 2.75) is 17.4 Å². The molecule has 1 saturated heterocycles. The Hall–Kier alpha value is -1.40. The first-order chi connectivity index (χ1) is 9.78. The van der Waals surface area contributed by atoms with Crippen LogP contribution in [0.5, 0.6) is 0 Å². The van der Waals surface area contributed by atoms with E-state index in [1.807, 2.05) is 24.3 Å². The molecule has 3 rings (SSSR count). The first-order valence-electron chi connectivity index (χ1n) is 6.72. The molecule has 6 heteroatoms. The molecule has 1 fully saturated rings. The van der Waals surface area contributed by atoms with Gasteiger partial charge in [0.25, 0.3) is 0 Å². The molecule has 0 atom stereocenters. The Bertz CT molecular complexity index is 878. The van der Waals surface area contributed by atoms with Gasteiger partial charge in [-0.25, -0.2) is 16.8 Å².